The van der Waals surface area contributed by atoms with Crippen LogP contribution in [0.1, 0.15) is 122 Å². The Morgan fingerprint density at radius 1 is 0.700 bits per heavy atom. The number of hydrogen-bond acceptors (Lipinski definition) is 3. The molecule has 0 spiro atoms. The molecule has 0 radical (unpaired) electrons. The smallest absolute Gasteiger partial charge is 0.312 e. The molecule has 4 nitrogen and oxygen atoms in total. The quantitative estimate of drug-likeness (QED) is 0.0662. The van der Waals surface area contributed by atoms with E-state index in [1.54, 1.807) is 0 Å². The van der Waals surface area contributed by atoms with Gasteiger partial charge < -0.3 is 9.84 Å². The fraction of sp³-hybridized carbons (Fsp3) is 0.556. The van der Waals surface area contributed by atoms with Crippen LogP contribution in [0.15, 0.2) is 48.5 Å². The Kier molecular flexibility index (Phi) is 14.0. The maximum Gasteiger partial charge on any atom is 0.312 e. The Morgan fingerprint density at radius 2 is 1.27 bits per heavy atom. The van der Waals surface area contributed by atoms with Crippen molar-refractivity contribution in [1.29, 1.82) is 0 Å². The first-order valence-electron chi connectivity index (χ1n) is 15.9. The second kappa shape index (κ2) is 17.7. The zero-order valence-electron chi connectivity index (χ0n) is 24.9. The summed E-state index contributed by atoms with van der Waals surface area (Å²) in [5, 5.41) is 13.6. The van der Waals surface area contributed by atoms with Crippen LogP contribution in [0.2, 0.25) is 0 Å². The third kappa shape index (κ3) is 10.3. The summed E-state index contributed by atoms with van der Waals surface area (Å²) in [7, 11) is 0. The summed E-state index contributed by atoms with van der Waals surface area (Å²) in [6.07, 6.45) is 19.0. The molecule has 0 aliphatic carbocycles. The second-order valence-corrected chi connectivity index (χ2v) is 11.4. The fourth-order valence-corrected chi connectivity index (χ4v) is 5.65. The van der Waals surface area contributed by atoms with Gasteiger partial charge in [0.1, 0.15) is 5.75 Å². The number of ether oxygens (including phenoxy) is 1. The second-order valence-electron chi connectivity index (χ2n) is 11.4. The van der Waals surface area contributed by atoms with Crippen LogP contribution in [0.4, 0.5) is 0 Å². The molecular weight excluding hydrogens is 496 g/mol. The zero-order valence-corrected chi connectivity index (χ0v) is 24.9. The van der Waals surface area contributed by atoms with Crippen LogP contribution in [0.5, 0.6) is 5.75 Å². The van der Waals surface area contributed by atoms with Crippen LogP contribution < -0.4 is 4.74 Å². The maximum absolute atomic E-state index is 13.0. The molecule has 0 saturated heterocycles. The molecule has 0 fully saturated rings. The minimum atomic E-state index is -0.914. The Morgan fingerprint density at radius 3 is 1.88 bits per heavy atom. The number of aliphatic carboxylic acids is 1. The van der Waals surface area contributed by atoms with Crippen molar-refractivity contribution in [3.63, 3.8) is 0 Å². The van der Waals surface area contributed by atoms with Gasteiger partial charge in [0, 0.05) is 10.8 Å². The van der Waals surface area contributed by atoms with Gasteiger partial charge in [-0.3, -0.25) is 9.59 Å². The zero-order chi connectivity index (χ0) is 28.6. The van der Waals surface area contributed by atoms with E-state index in [4.69, 9.17) is 4.74 Å². The number of carbonyl (C=O) groups excluding carboxylic acids is 1. The van der Waals surface area contributed by atoms with Gasteiger partial charge >= 0.3 is 11.9 Å². The third-order valence-corrected chi connectivity index (χ3v) is 8.17. The van der Waals surface area contributed by atoms with E-state index in [2.05, 4.69) is 38.1 Å². The Labute approximate surface area is 241 Å². The number of carboxylic acids is 1. The molecule has 3 aromatic rings. The van der Waals surface area contributed by atoms with Crippen molar-refractivity contribution in [3.8, 4) is 5.75 Å². The summed E-state index contributed by atoms with van der Waals surface area (Å²) in [5.41, 5.74) is 1.17. The number of carbonyl (C=O) groups is 2. The molecular formula is C36H50O4. The van der Waals surface area contributed by atoms with Crippen LogP contribution >= 0.6 is 0 Å². The van der Waals surface area contributed by atoms with Gasteiger partial charge in [-0.25, -0.2) is 0 Å². The number of benzene rings is 3. The van der Waals surface area contributed by atoms with Gasteiger partial charge in [-0.15, -0.1) is 0 Å². The maximum atomic E-state index is 13.0. The molecule has 3 aromatic carbocycles. The van der Waals surface area contributed by atoms with E-state index in [1.165, 1.54) is 76.2 Å². The van der Waals surface area contributed by atoms with Crippen molar-refractivity contribution < 1.29 is 19.4 Å². The van der Waals surface area contributed by atoms with Crippen LogP contribution in [0.25, 0.3) is 21.5 Å². The number of rotatable bonds is 20. The van der Waals surface area contributed by atoms with Crippen molar-refractivity contribution in [3.05, 3.63) is 54.1 Å². The number of hydrogen-bond donors (Lipinski definition) is 1. The normalized spacial score (nSPS) is 12.2. The topological polar surface area (TPSA) is 63.6 Å². The number of aryl methyl sites for hydroxylation is 1. The van der Waals surface area contributed by atoms with Gasteiger partial charge in [0.05, 0.1) is 12.3 Å². The molecule has 1 N–H and O–H groups in total. The average Bonchev–Trinajstić information content (AvgIpc) is 2.96. The predicted octanol–water partition coefficient (Wildman–Crippen LogP) is 10.4. The summed E-state index contributed by atoms with van der Waals surface area (Å²) in [5.74, 6) is -1.56. The molecule has 1 atom stereocenters. The number of unbranched alkanes of at least 4 members (excludes halogenated alkanes) is 13. The van der Waals surface area contributed by atoms with E-state index in [1.807, 2.05) is 24.3 Å². The lowest BCUT2D eigenvalue weighted by Gasteiger charge is -2.15. The van der Waals surface area contributed by atoms with E-state index >= 15 is 0 Å². The van der Waals surface area contributed by atoms with Gasteiger partial charge in [0.25, 0.3) is 0 Å². The van der Waals surface area contributed by atoms with E-state index in [0.29, 0.717) is 12.2 Å². The monoisotopic (exact) mass is 546 g/mol. The van der Waals surface area contributed by atoms with E-state index < -0.39 is 17.9 Å². The SMILES string of the molecule is CCCCCCCCCCCCCCCCC(CC(=O)Oc1c2ccccc2cc2ccc(CC)cc12)C(=O)O. The highest BCUT2D eigenvalue weighted by atomic mass is 16.5. The van der Waals surface area contributed by atoms with Crippen LogP contribution in [-0.4, -0.2) is 17.0 Å². The number of fused-ring (bicyclic) bond motifs is 2. The Hall–Kier alpha value is -2.88. The highest BCUT2D eigenvalue weighted by molar-refractivity contribution is 6.06. The molecule has 218 valence electrons. The molecule has 0 amide bonds. The predicted molar refractivity (Wildman–Crippen MR) is 167 cm³/mol. The lowest BCUT2D eigenvalue weighted by molar-refractivity contribution is -0.147. The first-order chi connectivity index (χ1) is 19.5. The number of carboxylic acid groups (broad SMARTS) is 1. The Bertz CT molecular complexity index is 1200. The highest BCUT2D eigenvalue weighted by Gasteiger charge is 2.23. The fourth-order valence-electron chi connectivity index (χ4n) is 5.65. The standard InChI is InChI=1S/C36H50O4/c1-3-5-6-7-8-9-10-11-12-13-14-15-16-17-21-31(36(38)39)27-34(37)40-35-32-22-19-18-20-29(32)26-30-24-23-28(4-2)25-33(30)35/h18-20,22-26,31H,3-17,21,27H2,1-2H3,(H,38,39). The summed E-state index contributed by atoms with van der Waals surface area (Å²) in [6, 6.07) is 16.2. The molecule has 4 heteroatoms. The van der Waals surface area contributed by atoms with Gasteiger partial charge in [0.2, 0.25) is 0 Å². The van der Waals surface area contributed by atoms with Gasteiger partial charge in [-0.1, -0.05) is 140 Å². The molecule has 0 aliphatic heterocycles. The van der Waals surface area contributed by atoms with Crippen molar-refractivity contribution in [2.24, 2.45) is 5.92 Å². The lowest BCUT2D eigenvalue weighted by atomic mass is 9.97. The average molecular weight is 547 g/mol. The largest absolute Gasteiger partial charge is 0.481 e. The van der Waals surface area contributed by atoms with Crippen molar-refractivity contribution in [2.45, 2.75) is 123 Å². The molecule has 3 rings (SSSR count). The molecule has 0 bridgehead atoms. The van der Waals surface area contributed by atoms with E-state index in [9.17, 15) is 14.7 Å². The van der Waals surface area contributed by atoms with Gasteiger partial charge in [-0.05, 0) is 41.3 Å². The Balaban J connectivity index is 1.42. The van der Waals surface area contributed by atoms with Crippen molar-refractivity contribution in [1.82, 2.24) is 0 Å². The summed E-state index contributed by atoms with van der Waals surface area (Å²) in [6.45, 7) is 4.36. The summed E-state index contributed by atoms with van der Waals surface area (Å²) in [4.78, 5) is 25.0. The summed E-state index contributed by atoms with van der Waals surface area (Å²) < 4.78 is 5.94. The third-order valence-electron chi connectivity index (χ3n) is 8.17. The van der Waals surface area contributed by atoms with Crippen LogP contribution in [0.3, 0.4) is 0 Å². The summed E-state index contributed by atoms with van der Waals surface area (Å²) >= 11 is 0. The molecule has 0 aliphatic rings. The molecule has 0 heterocycles. The lowest BCUT2D eigenvalue weighted by Crippen LogP contribution is -2.21. The van der Waals surface area contributed by atoms with E-state index in [0.717, 1.165) is 47.2 Å². The molecule has 0 aromatic heterocycles. The minimum Gasteiger partial charge on any atom is -0.481 e. The van der Waals surface area contributed by atoms with Crippen molar-refractivity contribution in [2.75, 3.05) is 0 Å². The van der Waals surface area contributed by atoms with Crippen LogP contribution in [-0.2, 0) is 16.0 Å². The first-order valence-corrected chi connectivity index (χ1v) is 15.9. The van der Waals surface area contributed by atoms with Gasteiger partial charge in [0.15, 0.2) is 0 Å². The first kappa shape index (κ1) is 31.6. The van der Waals surface area contributed by atoms with Crippen LogP contribution in [0, 0.1) is 5.92 Å². The van der Waals surface area contributed by atoms with Gasteiger partial charge in [-0.2, -0.15) is 0 Å². The molecule has 1 unspecified atom stereocenters. The molecule has 40 heavy (non-hydrogen) atoms. The molecule has 0 saturated carbocycles. The minimum absolute atomic E-state index is 0.105. The highest BCUT2D eigenvalue weighted by Crippen LogP contribution is 2.36. The van der Waals surface area contributed by atoms with E-state index in [-0.39, 0.29) is 6.42 Å². The van der Waals surface area contributed by atoms with Crippen molar-refractivity contribution >= 4 is 33.5 Å². The number of esters is 1.